The zero-order chi connectivity index (χ0) is 24.8. The van der Waals surface area contributed by atoms with Crippen LogP contribution in [0.2, 0.25) is 0 Å². The summed E-state index contributed by atoms with van der Waals surface area (Å²) in [6.07, 6.45) is 5.89. The van der Waals surface area contributed by atoms with Crippen LogP contribution in [0.4, 0.5) is 23.4 Å². The molecule has 35 heavy (non-hydrogen) atoms. The van der Waals surface area contributed by atoms with Gasteiger partial charge >= 0.3 is 0 Å². The summed E-state index contributed by atoms with van der Waals surface area (Å²) in [5.41, 5.74) is 2.30. The minimum Gasteiger partial charge on any atom is -0.396 e. The van der Waals surface area contributed by atoms with E-state index in [0.717, 1.165) is 55.4 Å². The molecule has 2 fully saturated rings. The lowest BCUT2D eigenvalue weighted by Gasteiger charge is -2.32. The molecule has 1 atom stereocenters. The highest BCUT2D eigenvalue weighted by Crippen LogP contribution is 2.39. The lowest BCUT2D eigenvalue weighted by atomic mass is 9.94. The number of rotatable bonds is 13. The van der Waals surface area contributed by atoms with Crippen molar-refractivity contribution >= 4 is 23.4 Å². The van der Waals surface area contributed by atoms with Gasteiger partial charge in [-0.3, -0.25) is 9.94 Å². The van der Waals surface area contributed by atoms with Crippen molar-refractivity contribution in [2.75, 3.05) is 36.5 Å². The van der Waals surface area contributed by atoms with E-state index in [1.807, 2.05) is 11.4 Å². The van der Waals surface area contributed by atoms with E-state index < -0.39 is 0 Å². The molecular formula is C25H41N8O2+. The maximum atomic E-state index is 9.28. The zero-order valence-corrected chi connectivity index (χ0v) is 21.0. The third kappa shape index (κ3) is 7.23. The number of H-pyrrole nitrogens is 1. The van der Waals surface area contributed by atoms with E-state index in [4.69, 9.17) is 20.7 Å². The number of hydrogen-bond acceptors (Lipinski definition) is 8. The van der Waals surface area contributed by atoms with Gasteiger partial charge in [0.05, 0.1) is 12.2 Å². The first-order chi connectivity index (χ1) is 16.9. The van der Waals surface area contributed by atoms with E-state index in [-0.39, 0.29) is 12.7 Å². The number of nitrogens with zero attached hydrogens (tertiary/aromatic N) is 4. The lowest BCUT2D eigenvalue weighted by Crippen LogP contribution is -2.72. The normalized spacial score (nSPS) is 17.7. The number of piperidine rings is 1. The summed E-state index contributed by atoms with van der Waals surface area (Å²) in [4.78, 5) is 17.1. The predicted octanol–water partition coefficient (Wildman–Crippen LogP) is 2.48. The third-order valence-corrected chi connectivity index (χ3v) is 7.13. The van der Waals surface area contributed by atoms with Gasteiger partial charge in [-0.2, -0.15) is 9.97 Å². The fraction of sp³-hybridized carbons (Fsp3) is 0.640. The van der Waals surface area contributed by atoms with Crippen molar-refractivity contribution in [3.05, 3.63) is 30.0 Å². The van der Waals surface area contributed by atoms with Crippen molar-refractivity contribution in [2.45, 2.75) is 64.4 Å². The van der Waals surface area contributed by atoms with Gasteiger partial charge in [0.25, 0.3) is 0 Å². The first-order valence-electron chi connectivity index (χ1n) is 12.9. The van der Waals surface area contributed by atoms with E-state index in [1.165, 1.54) is 18.5 Å². The fourth-order valence-corrected chi connectivity index (χ4v) is 4.48. The van der Waals surface area contributed by atoms with E-state index in [0.29, 0.717) is 36.7 Å². The second-order valence-electron chi connectivity index (χ2n) is 10.2. The first-order valence-corrected chi connectivity index (χ1v) is 12.9. The van der Waals surface area contributed by atoms with Crippen LogP contribution in [0.1, 0.15) is 64.0 Å². The molecule has 0 amide bonds. The maximum absolute atomic E-state index is 9.28. The Morgan fingerprint density at radius 2 is 2.03 bits per heavy atom. The summed E-state index contributed by atoms with van der Waals surface area (Å²) < 4.78 is 0. The Labute approximate surface area is 207 Å². The van der Waals surface area contributed by atoms with Crippen LogP contribution < -0.4 is 21.4 Å². The van der Waals surface area contributed by atoms with E-state index >= 15 is 0 Å². The Morgan fingerprint density at radius 3 is 2.69 bits per heavy atom. The Morgan fingerprint density at radius 1 is 1.26 bits per heavy atom. The first kappa shape index (κ1) is 25.6. The topological polar surface area (TPSA) is 142 Å². The number of hydrogen-bond donors (Lipinski definition) is 5. The number of aromatic nitrogens is 4. The van der Waals surface area contributed by atoms with Crippen molar-refractivity contribution in [2.24, 2.45) is 17.7 Å². The average Bonchev–Trinajstić information content (AvgIpc) is 3.61. The molecule has 10 heteroatoms. The van der Waals surface area contributed by atoms with Crippen LogP contribution in [0, 0.1) is 11.8 Å². The number of quaternary nitrogens is 1. The molecule has 3 heterocycles. The molecule has 1 saturated carbocycles. The summed E-state index contributed by atoms with van der Waals surface area (Å²) in [5, 5.41) is 22.2. The minimum absolute atomic E-state index is 0.216. The molecule has 1 saturated heterocycles. The third-order valence-electron chi connectivity index (χ3n) is 7.13. The van der Waals surface area contributed by atoms with Crippen molar-refractivity contribution in [1.29, 1.82) is 0 Å². The Bertz CT molecular complexity index is 966. The zero-order valence-electron chi connectivity index (χ0n) is 21.0. The second-order valence-corrected chi connectivity index (χ2v) is 10.2. The standard InChI is InChI=1S/C25H40N8O2/c1-16(2)17(3)12-20(35-26)15-27-25-29-22(28-23-13-21(31-32-23)19-4-5-19)14-24(30-25)33-9-6-18(7-10-33)8-11-34/h13-14,16,18-20,34H,3-12,15,26H2,1-2H3,(H3,27,28,29,30,31,32)/p+1. The highest BCUT2D eigenvalue weighted by molar-refractivity contribution is 5.49. The smallest absolute Gasteiger partial charge is 0.249 e. The Balaban J connectivity index is 1.48. The van der Waals surface area contributed by atoms with E-state index in [1.54, 1.807) is 0 Å². The second kappa shape index (κ2) is 11.9. The van der Waals surface area contributed by atoms with Crippen LogP contribution in [0.25, 0.3) is 0 Å². The summed E-state index contributed by atoms with van der Waals surface area (Å²) in [5.74, 6) is 10.3. The number of anilines is 2. The van der Waals surface area contributed by atoms with Crippen LogP contribution >= 0.6 is 0 Å². The summed E-state index contributed by atoms with van der Waals surface area (Å²) in [7, 11) is 0. The molecule has 10 nitrogen and oxygen atoms in total. The summed E-state index contributed by atoms with van der Waals surface area (Å²) >= 11 is 0. The summed E-state index contributed by atoms with van der Waals surface area (Å²) in [6.45, 7) is 10.9. The molecule has 4 rings (SSSR count). The maximum Gasteiger partial charge on any atom is 0.249 e. The van der Waals surface area contributed by atoms with Crippen LogP contribution in [0.15, 0.2) is 24.3 Å². The number of nitrogens with one attached hydrogen (secondary N) is 2. The Hall–Kier alpha value is -2.53. The largest absolute Gasteiger partial charge is 0.396 e. The molecule has 1 unspecified atom stereocenters. The van der Waals surface area contributed by atoms with Crippen molar-refractivity contribution in [3.63, 3.8) is 0 Å². The molecular weight excluding hydrogens is 444 g/mol. The number of aliphatic hydroxyl groups excluding tert-OH is 1. The van der Waals surface area contributed by atoms with Gasteiger partial charge in [0, 0.05) is 43.9 Å². The van der Waals surface area contributed by atoms with Gasteiger partial charge < -0.3 is 15.3 Å². The number of aliphatic hydroxyl groups is 1. The van der Waals surface area contributed by atoms with Crippen LogP contribution in [-0.4, -0.2) is 57.6 Å². The van der Waals surface area contributed by atoms with Gasteiger partial charge in [-0.25, -0.2) is 11.2 Å². The predicted molar refractivity (Wildman–Crippen MR) is 137 cm³/mol. The van der Waals surface area contributed by atoms with Gasteiger partial charge in [0.15, 0.2) is 0 Å². The molecule has 2 aromatic rings. The molecule has 0 radical (unpaired) electrons. The van der Waals surface area contributed by atoms with Crippen molar-refractivity contribution < 1.29 is 15.3 Å². The average molecular weight is 486 g/mol. The molecule has 7 N–H and O–H groups in total. The molecule has 192 valence electrons. The molecule has 0 bridgehead atoms. The quantitative estimate of drug-likeness (QED) is 0.215. The van der Waals surface area contributed by atoms with E-state index in [9.17, 15) is 5.11 Å². The van der Waals surface area contributed by atoms with Crippen LogP contribution in [0.5, 0.6) is 0 Å². The monoisotopic (exact) mass is 485 g/mol. The van der Waals surface area contributed by atoms with Crippen LogP contribution in [0.3, 0.4) is 0 Å². The Kier molecular flexibility index (Phi) is 8.72. The molecule has 0 spiro atoms. The fourth-order valence-electron chi connectivity index (χ4n) is 4.48. The minimum atomic E-state index is -0.216. The van der Waals surface area contributed by atoms with E-state index in [2.05, 4.69) is 46.9 Å². The van der Waals surface area contributed by atoms with Gasteiger partial charge in [-0.15, -0.1) is 5.10 Å². The molecule has 1 aliphatic heterocycles. The number of nitrogens with two attached hydrogens (primary N) is 2. The summed E-state index contributed by atoms with van der Waals surface area (Å²) in [6, 6.07) is 4.14. The molecule has 1 aliphatic carbocycles. The molecule has 0 aromatic carbocycles. The number of aromatic amines is 1. The van der Waals surface area contributed by atoms with Gasteiger partial charge in [0.2, 0.25) is 17.6 Å². The van der Waals surface area contributed by atoms with Crippen molar-refractivity contribution in [3.8, 4) is 0 Å². The van der Waals surface area contributed by atoms with Crippen LogP contribution in [-0.2, 0) is 4.84 Å². The van der Waals surface area contributed by atoms with Gasteiger partial charge in [-0.05, 0) is 50.4 Å². The van der Waals surface area contributed by atoms with Crippen molar-refractivity contribution in [1.82, 2.24) is 20.2 Å². The highest BCUT2D eigenvalue weighted by atomic mass is 16.6. The molecule has 2 aromatic heterocycles. The van der Waals surface area contributed by atoms with Gasteiger partial charge in [-0.1, -0.05) is 26.0 Å². The SMILES string of the molecule is C=C(CC(CNc1nc([NH2+]c2cc(C3CC3)[nH]n2)cc(N2CCC(CCO)CC2)n1)ON)C(C)C. The highest BCUT2D eigenvalue weighted by Gasteiger charge is 2.27. The molecule has 2 aliphatic rings. The van der Waals surface area contributed by atoms with Gasteiger partial charge in [0.1, 0.15) is 5.82 Å². The lowest BCUT2D eigenvalue weighted by molar-refractivity contribution is -0.487.